The predicted molar refractivity (Wildman–Crippen MR) is 58.1 cm³/mol. The number of ketones is 1. The molecule has 6 heteroatoms. The molecule has 0 amide bonds. The van der Waals surface area contributed by atoms with Crippen molar-refractivity contribution in [1.29, 1.82) is 0 Å². The Labute approximate surface area is 97.5 Å². The minimum atomic E-state index is -2.01. The van der Waals surface area contributed by atoms with Crippen molar-refractivity contribution in [2.24, 2.45) is 0 Å². The Balaban J connectivity index is 2.97. The number of aliphatic carboxylic acids is 1. The van der Waals surface area contributed by atoms with E-state index in [9.17, 15) is 14.4 Å². The normalized spacial score (nSPS) is 26.1. The molecular weight excluding hydrogens is 232 g/mol. The van der Waals surface area contributed by atoms with Crippen LogP contribution in [0.4, 0.5) is 0 Å². The third-order valence-electron chi connectivity index (χ3n) is 2.20. The molecule has 5 nitrogen and oxygen atoms in total. The summed E-state index contributed by atoms with van der Waals surface area (Å²) in [5.74, 6) is -2.06. The number of esters is 1. The van der Waals surface area contributed by atoms with Crippen LogP contribution < -0.4 is 0 Å². The largest absolute Gasteiger partial charge is 0.477 e. The van der Waals surface area contributed by atoms with Crippen molar-refractivity contribution in [3.05, 3.63) is 0 Å². The number of hydrogen-bond donors (Lipinski definition) is 1. The molecule has 1 rings (SSSR count). The number of carbonyl (C=O) groups excluding carboxylic acids is 2. The summed E-state index contributed by atoms with van der Waals surface area (Å²) < 4.78 is 4.85. The Hall–Kier alpha value is -1.04. The second-order valence-corrected chi connectivity index (χ2v) is 4.79. The molecule has 1 unspecified atom stereocenters. The summed E-state index contributed by atoms with van der Waals surface area (Å²) in [5, 5.41) is 9.11. The number of ether oxygens (including phenoxy) is 1. The molecule has 0 aromatic heterocycles. The topological polar surface area (TPSA) is 80.7 Å². The van der Waals surface area contributed by atoms with Gasteiger partial charge in [0.1, 0.15) is 0 Å². The van der Waals surface area contributed by atoms with Crippen LogP contribution in [0.1, 0.15) is 32.6 Å². The van der Waals surface area contributed by atoms with Crippen LogP contribution in [0.5, 0.6) is 0 Å². The molecule has 16 heavy (non-hydrogen) atoms. The van der Waals surface area contributed by atoms with Crippen LogP contribution in [0, 0.1) is 0 Å². The number of rotatable bonds is 4. The molecule has 1 aliphatic rings. The van der Waals surface area contributed by atoms with E-state index in [1.165, 1.54) is 0 Å². The Bertz CT molecular complexity index is 314. The summed E-state index contributed by atoms with van der Waals surface area (Å²) in [7, 11) is 0. The number of cyclic esters (lactones) is 1. The van der Waals surface area contributed by atoms with Crippen molar-refractivity contribution in [3.63, 3.8) is 0 Å². The lowest BCUT2D eigenvalue weighted by molar-refractivity contribution is -0.170. The zero-order chi connectivity index (χ0) is 12.2. The fourth-order valence-electron chi connectivity index (χ4n) is 1.41. The highest BCUT2D eigenvalue weighted by Crippen LogP contribution is 2.33. The average molecular weight is 246 g/mol. The lowest BCUT2D eigenvalue weighted by Crippen LogP contribution is -2.46. The molecule has 0 aromatic rings. The van der Waals surface area contributed by atoms with Crippen LogP contribution in [0.2, 0.25) is 0 Å². The lowest BCUT2D eigenvalue weighted by atomic mass is 10.1. The third-order valence-corrected chi connectivity index (χ3v) is 3.70. The molecule has 0 spiro atoms. The molecule has 0 saturated carbocycles. The molecule has 1 atom stereocenters. The van der Waals surface area contributed by atoms with Gasteiger partial charge in [-0.25, -0.2) is 4.79 Å². The van der Waals surface area contributed by atoms with E-state index in [4.69, 9.17) is 9.84 Å². The van der Waals surface area contributed by atoms with Gasteiger partial charge >= 0.3 is 16.9 Å². The zero-order valence-electron chi connectivity index (χ0n) is 9.02. The number of carboxylic acid groups (broad SMARTS) is 1. The Morgan fingerprint density at radius 2 is 2.19 bits per heavy atom. The minimum Gasteiger partial charge on any atom is -0.477 e. The Morgan fingerprint density at radius 3 is 2.75 bits per heavy atom. The van der Waals surface area contributed by atoms with E-state index >= 15 is 0 Å². The second-order valence-electron chi connectivity index (χ2n) is 3.52. The predicted octanol–water partition coefficient (Wildman–Crippen LogP) is 1.21. The summed E-state index contributed by atoms with van der Waals surface area (Å²) in [6, 6.07) is 0. The van der Waals surface area contributed by atoms with Crippen molar-refractivity contribution in [3.8, 4) is 0 Å². The molecule has 0 bridgehead atoms. The monoisotopic (exact) mass is 246 g/mol. The van der Waals surface area contributed by atoms with Gasteiger partial charge in [0.05, 0.1) is 0 Å². The van der Waals surface area contributed by atoms with Gasteiger partial charge in [-0.1, -0.05) is 18.7 Å². The van der Waals surface area contributed by atoms with Gasteiger partial charge in [0.25, 0.3) is 0 Å². The first-order chi connectivity index (χ1) is 7.53. The van der Waals surface area contributed by atoms with Crippen LogP contribution in [-0.2, 0) is 19.1 Å². The van der Waals surface area contributed by atoms with Crippen molar-refractivity contribution < 1.29 is 24.2 Å². The second kappa shape index (κ2) is 5.34. The summed E-state index contributed by atoms with van der Waals surface area (Å²) in [4.78, 5) is 32.2. The molecule has 0 aromatic carbocycles. The highest BCUT2D eigenvalue weighted by molar-refractivity contribution is 8.02. The van der Waals surface area contributed by atoms with E-state index in [1.807, 2.05) is 6.92 Å². The summed E-state index contributed by atoms with van der Waals surface area (Å²) in [5.41, 5.74) is 0. The summed E-state index contributed by atoms with van der Waals surface area (Å²) >= 11 is 0.886. The number of Topliss-reactive ketones (excluding diaryl/α,β-unsaturated/α-hetero) is 1. The maximum atomic E-state index is 11.8. The standard InChI is InChI=1S/C10H14O5S/c1-2-6-16-10(9(13)14)7(11)4-3-5-8(12)15-10/h2-6H2,1H3,(H,13,14). The van der Waals surface area contributed by atoms with Gasteiger partial charge < -0.3 is 9.84 Å². The molecular formula is C10H14O5S. The number of hydrogen-bond acceptors (Lipinski definition) is 5. The minimum absolute atomic E-state index is 0.0781. The highest BCUT2D eigenvalue weighted by atomic mass is 32.2. The van der Waals surface area contributed by atoms with Crippen molar-refractivity contribution in [1.82, 2.24) is 0 Å². The maximum absolute atomic E-state index is 11.8. The van der Waals surface area contributed by atoms with Crippen LogP contribution in [0.25, 0.3) is 0 Å². The number of thioether (sulfide) groups is 1. The fourth-order valence-corrected chi connectivity index (χ4v) is 2.44. The Morgan fingerprint density at radius 1 is 1.50 bits per heavy atom. The van der Waals surface area contributed by atoms with Gasteiger partial charge in [0, 0.05) is 12.8 Å². The van der Waals surface area contributed by atoms with Gasteiger partial charge in [-0.15, -0.1) is 0 Å². The first-order valence-electron chi connectivity index (χ1n) is 5.15. The molecule has 0 radical (unpaired) electrons. The smallest absolute Gasteiger partial charge is 0.367 e. The molecule has 1 heterocycles. The van der Waals surface area contributed by atoms with Crippen LogP contribution in [0.3, 0.4) is 0 Å². The van der Waals surface area contributed by atoms with E-state index in [-0.39, 0.29) is 12.8 Å². The first kappa shape index (κ1) is 13.0. The van der Waals surface area contributed by atoms with Crippen molar-refractivity contribution >= 4 is 29.5 Å². The van der Waals surface area contributed by atoms with Gasteiger partial charge in [0.15, 0.2) is 5.78 Å². The SMILES string of the molecule is CCCSC1(C(=O)O)OC(=O)CCCC1=O. The fraction of sp³-hybridized carbons (Fsp3) is 0.700. The van der Waals surface area contributed by atoms with E-state index in [1.54, 1.807) is 0 Å². The number of carbonyl (C=O) groups is 3. The molecule has 90 valence electrons. The van der Waals surface area contributed by atoms with E-state index in [0.29, 0.717) is 18.6 Å². The summed E-state index contributed by atoms with van der Waals surface area (Å²) in [6.45, 7) is 1.87. The van der Waals surface area contributed by atoms with E-state index in [2.05, 4.69) is 0 Å². The first-order valence-corrected chi connectivity index (χ1v) is 6.14. The zero-order valence-corrected chi connectivity index (χ0v) is 9.84. The van der Waals surface area contributed by atoms with Crippen LogP contribution >= 0.6 is 11.8 Å². The van der Waals surface area contributed by atoms with Gasteiger partial charge in [-0.3, -0.25) is 9.59 Å². The molecule has 1 aliphatic heterocycles. The van der Waals surface area contributed by atoms with E-state index in [0.717, 1.165) is 11.8 Å². The highest BCUT2D eigenvalue weighted by Gasteiger charge is 2.51. The van der Waals surface area contributed by atoms with Crippen molar-refractivity contribution in [2.75, 3.05) is 5.75 Å². The Kier molecular flexibility index (Phi) is 4.35. The quantitative estimate of drug-likeness (QED) is 0.593. The third kappa shape index (κ3) is 2.55. The molecule has 1 fully saturated rings. The molecule has 1 N–H and O–H groups in total. The van der Waals surface area contributed by atoms with Gasteiger partial charge in [-0.2, -0.15) is 0 Å². The van der Waals surface area contributed by atoms with Crippen molar-refractivity contribution in [2.45, 2.75) is 37.5 Å². The van der Waals surface area contributed by atoms with E-state index < -0.39 is 22.7 Å². The maximum Gasteiger partial charge on any atom is 0.367 e. The van der Waals surface area contributed by atoms with Gasteiger partial charge in [-0.05, 0) is 18.6 Å². The lowest BCUT2D eigenvalue weighted by Gasteiger charge is -2.24. The molecule has 0 aliphatic carbocycles. The summed E-state index contributed by atoms with van der Waals surface area (Å²) in [6.07, 6.45) is 1.26. The van der Waals surface area contributed by atoms with Crippen LogP contribution in [-0.4, -0.2) is 33.5 Å². The number of carboxylic acids is 1. The van der Waals surface area contributed by atoms with Gasteiger partial charge in [0.2, 0.25) is 0 Å². The molecule has 1 saturated heterocycles. The van der Waals surface area contributed by atoms with Crippen LogP contribution in [0.15, 0.2) is 0 Å². The average Bonchev–Trinajstić information content (AvgIpc) is 2.36.